The van der Waals surface area contributed by atoms with Gasteiger partial charge in [0.1, 0.15) is 5.69 Å². The van der Waals surface area contributed by atoms with Crippen molar-refractivity contribution in [3.63, 3.8) is 0 Å². The van der Waals surface area contributed by atoms with E-state index in [9.17, 15) is 4.79 Å². The fraction of sp³-hybridized carbons (Fsp3) is 0.333. The van der Waals surface area contributed by atoms with Crippen LogP contribution >= 0.6 is 0 Å². The number of benzene rings is 1. The monoisotopic (exact) mass is 363 g/mol. The molecule has 0 spiro atoms. The highest BCUT2D eigenvalue weighted by atomic mass is 16.2. The number of nitrogens with zero attached hydrogens (tertiary/aromatic N) is 4. The fourth-order valence-corrected chi connectivity index (χ4v) is 3.08. The molecule has 1 aromatic carbocycles. The van der Waals surface area contributed by atoms with E-state index in [1.807, 2.05) is 42.2 Å². The van der Waals surface area contributed by atoms with E-state index in [1.54, 1.807) is 12.3 Å². The number of aromatic nitrogens is 3. The molecule has 0 atom stereocenters. The minimum absolute atomic E-state index is 0.0525. The standard InChI is InChI=1S/C21H25N5O/c1-4-12-26(13-5-2)20(27)18-14-15(3)23-21(25-18)24-17-10-6-8-16-9-7-11-22-19(16)17/h6-11,14H,4-5,12-13H2,1-3H3,(H,23,24,25). The Kier molecular flexibility index (Phi) is 5.96. The second-order valence-electron chi connectivity index (χ2n) is 6.52. The van der Waals surface area contributed by atoms with Crippen molar-refractivity contribution in [2.24, 2.45) is 0 Å². The zero-order chi connectivity index (χ0) is 19.2. The average molecular weight is 363 g/mol. The summed E-state index contributed by atoms with van der Waals surface area (Å²) >= 11 is 0. The maximum absolute atomic E-state index is 12.9. The van der Waals surface area contributed by atoms with Gasteiger partial charge in [0.15, 0.2) is 0 Å². The summed E-state index contributed by atoms with van der Waals surface area (Å²) in [6.07, 6.45) is 3.60. The highest BCUT2D eigenvalue weighted by Crippen LogP contribution is 2.23. The number of para-hydroxylation sites is 1. The van der Waals surface area contributed by atoms with Crippen LogP contribution in [0.25, 0.3) is 10.9 Å². The number of pyridine rings is 1. The van der Waals surface area contributed by atoms with Crippen LogP contribution in [0.1, 0.15) is 42.9 Å². The summed E-state index contributed by atoms with van der Waals surface area (Å²) in [6.45, 7) is 7.47. The molecule has 0 fully saturated rings. The summed E-state index contributed by atoms with van der Waals surface area (Å²) in [5, 5.41) is 4.26. The smallest absolute Gasteiger partial charge is 0.272 e. The Bertz CT molecular complexity index is 930. The summed E-state index contributed by atoms with van der Waals surface area (Å²) in [5.74, 6) is 0.354. The maximum atomic E-state index is 12.9. The van der Waals surface area contributed by atoms with Crippen molar-refractivity contribution in [2.45, 2.75) is 33.6 Å². The van der Waals surface area contributed by atoms with E-state index in [2.05, 4.69) is 34.1 Å². The van der Waals surface area contributed by atoms with Gasteiger partial charge in [0.05, 0.1) is 11.2 Å². The van der Waals surface area contributed by atoms with Crippen LogP contribution in [0.3, 0.4) is 0 Å². The fourth-order valence-electron chi connectivity index (χ4n) is 3.08. The van der Waals surface area contributed by atoms with Gasteiger partial charge in [-0.05, 0) is 38.0 Å². The second kappa shape index (κ2) is 8.58. The van der Waals surface area contributed by atoms with Crippen molar-refractivity contribution in [2.75, 3.05) is 18.4 Å². The number of carbonyl (C=O) groups is 1. The van der Waals surface area contributed by atoms with Crippen LogP contribution in [-0.4, -0.2) is 38.8 Å². The number of nitrogens with one attached hydrogen (secondary N) is 1. The van der Waals surface area contributed by atoms with E-state index >= 15 is 0 Å². The van der Waals surface area contributed by atoms with Gasteiger partial charge in [-0.2, -0.15) is 0 Å². The number of anilines is 2. The zero-order valence-electron chi connectivity index (χ0n) is 16.1. The van der Waals surface area contributed by atoms with E-state index in [1.165, 1.54) is 0 Å². The molecule has 6 nitrogen and oxygen atoms in total. The lowest BCUT2D eigenvalue weighted by molar-refractivity contribution is 0.0749. The first kappa shape index (κ1) is 18.8. The first-order valence-corrected chi connectivity index (χ1v) is 9.38. The second-order valence-corrected chi connectivity index (χ2v) is 6.52. The SMILES string of the molecule is CCCN(CCC)C(=O)c1cc(C)nc(Nc2cccc3cccnc23)n1. The van der Waals surface area contributed by atoms with Crippen LogP contribution in [-0.2, 0) is 0 Å². The molecular formula is C21H25N5O. The van der Waals surface area contributed by atoms with Crippen LogP contribution < -0.4 is 5.32 Å². The molecule has 27 heavy (non-hydrogen) atoms. The van der Waals surface area contributed by atoms with Gasteiger partial charge >= 0.3 is 0 Å². The van der Waals surface area contributed by atoms with Crippen molar-refractivity contribution in [1.29, 1.82) is 0 Å². The molecule has 0 unspecified atom stereocenters. The molecule has 1 amide bonds. The summed E-state index contributed by atoms with van der Waals surface area (Å²) in [5.41, 5.74) is 2.82. The predicted molar refractivity (Wildman–Crippen MR) is 108 cm³/mol. The molecule has 2 aromatic heterocycles. The Hall–Kier alpha value is -3.02. The summed E-state index contributed by atoms with van der Waals surface area (Å²) in [4.78, 5) is 28.1. The Balaban J connectivity index is 1.92. The average Bonchev–Trinajstić information content (AvgIpc) is 2.67. The van der Waals surface area contributed by atoms with Gasteiger partial charge in [-0.1, -0.05) is 32.0 Å². The Morgan fingerprint density at radius 2 is 1.81 bits per heavy atom. The first-order valence-electron chi connectivity index (χ1n) is 9.38. The summed E-state index contributed by atoms with van der Waals surface area (Å²) in [7, 11) is 0. The maximum Gasteiger partial charge on any atom is 0.272 e. The van der Waals surface area contributed by atoms with Crippen LogP contribution in [0.2, 0.25) is 0 Å². The quantitative estimate of drug-likeness (QED) is 0.676. The van der Waals surface area contributed by atoms with Crippen molar-refractivity contribution in [3.8, 4) is 0 Å². The molecule has 6 heteroatoms. The number of hydrogen-bond acceptors (Lipinski definition) is 5. The van der Waals surface area contributed by atoms with Crippen molar-refractivity contribution in [3.05, 3.63) is 54.0 Å². The molecule has 2 heterocycles. The van der Waals surface area contributed by atoms with Crippen molar-refractivity contribution < 1.29 is 4.79 Å². The minimum atomic E-state index is -0.0525. The van der Waals surface area contributed by atoms with Crippen molar-refractivity contribution in [1.82, 2.24) is 19.9 Å². The molecule has 1 N–H and O–H groups in total. The summed E-state index contributed by atoms with van der Waals surface area (Å²) in [6, 6.07) is 11.6. The molecule has 0 bridgehead atoms. The highest BCUT2D eigenvalue weighted by molar-refractivity contribution is 5.94. The number of amides is 1. The Morgan fingerprint density at radius 1 is 1.07 bits per heavy atom. The highest BCUT2D eigenvalue weighted by Gasteiger charge is 2.17. The number of fused-ring (bicyclic) bond motifs is 1. The molecular weight excluding hydrogens is 338 g/mol. The number of rotatable bonds is 7. The topological polar surface area (TPSA) is 71.0 Å². The van der Waals surface area contributed by atoms with Gasteiger partial charge in [0, 0.05) is 30.4 Å². The number of hydrogen-bond donors (Lipinski definition) is 1. The predicted octanol–water partition coefficient (Wildman–Crippen LogP) is 4.34. The molecule has 0 radical (unpaired) electrons. The first-order chi connectivity index (χ1) is 13.1. The van der Waals surface area contributed by atoms with Gasteiger partial charge in [-0.3, -0.25) is 9.78 Å². The van der Waals surface area contributed by atoms with E-state index < -0.39 is 0 Å². The van der Waals surface area contributed by atoms with Crippen LogP contribution in [0.15, 0.2) is 42.6 Å². The number of carbonyl (C=O) groups excluding carboxylic acids is 1. The molecule has 3 rings (SSSR count). The molecule has 0 aliphatic carbocycles. The summed E-state index contributed by atoms with van der Waals surface area (Å²) < 4.78 is 0. The Morgan fingerprint density at radius 3 is 2.56 bits per heavy atom. The van der Waals surface area contributed by atoms with Gasteiger partial charge in [0.25, 0.3) is 5.91 Å². The Labute approximate surface area is 159 Å². The molecule has 0 saturated carbocycles. The number of aryl methyl sites for hydroxylation is 1. The van der Waals surface area contributed by atoms with Crippen LogP contribution in [0.5, 0.6) is 0 Å². The third kappa shape index (κ3) is 4.39. The van der Waals surface area contributed by atoms with Crippen molar-refractivity contribution >= 4 is 28.4 Å². The van der Waals surface area contributed by atoms with E-state index in [4.69, 9.17) is 0 Å². The molecule has 0 saturated heterocycles. The lowest BCUT2D eigenvalue weighted by atomic mass is 10.2. The third-order valence-electron chi connectivity index (χ3n) is 4.23. The largest absolute Gasteiger partial charge is 0.337 e. The van der Waals surface area contributed by atoms with E-state index in [-0.39, 0.29) is 5.91 Å². The lowest BCUT2D eigenvalue weighted by Gasteiger charge is -2.21. The zero-order valence-corrected chi connectivity index (χ0v) is 16.1. The van der Waals surface area contributed by atoms with E-state index in [0.717, 1.165) is 48.2 Å². The van der Waals surface area contributed by atoms with Gasteiger partial charge in [0.2, 0.25) is 5.95 Å². The molecule has 0 aliphatic heterocycles. The molecule has 140 valence electrons. The van der Waals surface area contributed by atoms with Gasteiger partial charge < -0.3 is 10.2 Å². The van der Waals surface area contributed by atoms with Gasteiger partial charge in [-0.25, -0.2) is 9.97 Å². The lowest BCUT2D eigenvalue weighted by Crippen LogP contribution is -2.33. The van der Waals surface area contributed by atoms with E-state index in [0.29, 0.717) is 11.6 Å². The van der Waals surface area contributed by atoms with Crippen LogP contribution in [0.4, 0.5) is 11.6 Å². The normalized spacial score (nSPS) is 10.8. The third-order valence-corrected chi connectivity index (χ3v) is 4.23. The molecule has 3 aromatic rings. The van der Waals surface area contributed by atoms with Gasteiger partial charge in [-0.15, -0.1) is 0 Å². The van der Waals surface area contributed by atoms with Crippen LogP contribution in [0, 0.1) is 6.92 Å². The minimum Gasteiger partial charge on any atom is -0.337 e. The molecule has 0 aliphatic rings.